The maximum absolute atomic E-state index is 12.9. The summed E-state index contributed by atoms with van der Waals surface area (Å²) in [5, 5.41) is 20.7. The van der Waals surface area contributed by atoms with Crippen molar-refractivity contribution in [2.45, 2.75) is 373 Å². The van der Waals surface area contributed by atoms with Crippen molar-refractivity contribution in [3.63, 3.8) is 0 Å². The Kier molecular flexibility index (Phi) is 79.4. The van der Waals surface area contributed by atoms with Crippen molar-refractivity contribution in [3.05, 3.63) is 146 Å². The van der Waals surface area contributed by atoms with Gasteiger partial charge in [-0.3, -0.25) is 32.5 Å². The number of hydrogen-bond donors (Lipinski definition) is 4. The zero-order chi connectivity index (χ0) is 79.4. The number of esters is 3. The van der Waals surface area contributed by atoms with Gasteiger partial charge in [-0.2, -0.15) is 0 Å². The van der Waals surface area contributed by atoms with E-state index in [9.17, 15) is 43.5 Å². The lowest BCUT2D eigenvalue weighted by molar-refractivity contribution is -0.161. The van der Waals surface area contributed by atoms with Crippen LogP contribution in [0.4, 0.5) is 0 Å². The zero-order valence-electron chi connectivity index (χ0n) is 68.7. The van der Waals surface area contributed by atoms with E-state index in [0.717, 1.165) is 167 Å². The molecule has 4 N–H and O–H groups in total. The molecule has 5 unspecified atom stereocenters. The van der Waals surface area contributed by atoms with Gasteiger partial charge in [-0.15, -0.1) is 0 Å². The van der Waals surface area contributed by atoms with E-state index in [4.69, 9.17) is 32.3 Å². The first-order chi connectivity index (χ1) is 53.2. The van der Waals surface area contributed by atoms with Crippen LogP contribution in [0.1, 0.15) is 355 Å². The van der Waals surface area contributed by atoms with Gasteiger partial charge in [-0.25, -0.2) is 9.13 Å². The summed E-state index contributed by atoms with van der Waals surface area (Å²) in [5.74, 6) is -1.58. The number of carbonyl (C=O) groups excluding carboxylic acids is 3. The summed E-state index contributed by atoms with van der Waals surface area (Å²) in [6.07, 6.45) is 104. The van der Waals surface area contributed by atoms with Crippen LogP contribution in [-0.4, -0.2) is 95.9 Å². The van der Waals surface area contributed by atoms with Crippen LogP contribution in [-0.2, 0) is 55.8 Å². The average molecular weight is 1570 g/mol. The molecule has 0 rings (SSSR count). The molecule has 0 aromatic rings. The molecule has 5 atom stereocenters. The van der Waals surface area contributed by atoms with Crippen LogP contribution in [0.15, 0.2) is 146 Å². The summed E-state index contributed by atoms with van der Waals surface area (Å²) in [4.78, 5) is 58.7. The molecule has 0 amide bonds. The molecule has 0 aliphatic heterocycles. The van der Waals surface area contributed by atoms with Crippen LogP contribution in [0.5, 0.6) is 0 Å². The predicted molar refractivity (Wildman–Crippen MR) is 454 cm³/mol. The highest BCUT2D eigenvalue weighted by Crippen LogP contribution is 2.45. The molecule has 0 bridgehead atoms. The van der Waals surface area contributed by atoms with E-state index in [0.29, 0.717) is 19.3 Å². The molecule has 0 saturated carbocycles. The highest BCUT2D eigenvalue weighted by Gasteiger charge is 2.29. The van der Waals surface area contributed by atoms with Crippen molar-refractivity contribution in [2.24, 2.45) is 0 Å². The molecular formula is C91H156O16P2. The first-order valence-electron chi connectivity index (χ1n) is 43.1. The smallest absolute Gasteiger partial charge is 0.463 e. The van der Waals surface area contributed by atoms with Gasteiger partial charge in [0, 0.05) is 19.3 Å². The summed E-state index contributed by atoms with van der Waals surface area (Å²) in [6, 6.07) is 0. The fraction of sp³-hybridized carbons (Fsp3) is 0.703. The van der Waals surface area contributed by atoms with Gasteiger partial charge >= 0.3 is 33.6 Å². The lowest BCUT2D eigenvalue weighted by Crippen LogP contribution is -2.30. The van der Waals surface area contributed by atoms with Crippen LogP contribution >= 0.6 is 15.6 Å². The Morgan fingerprint density at radius 2 is 0.486 bits per heavy atom. The molecular weight excluding hydrogens is 1410 g/mol. The number of phosphoric acid groups is 2. The Hall–Kier alpha value is -4.57. The van der Waals surface area contributed by atoms with Gasteiger partial charge in [0.25, 0.3) is 0 Å². The highest BCUT2D eigenvalue weighted by atomic mass is 31.2. The summed E-state index contributed by atoms with van der Waals surface area (Å²) in [5.41, 5.74) is 0. The molecule has 0 aromatic carbocycles. The van der Waals surface area contributed by atoms with Gasteiger partial charge in [0.2, 0.25) is 0 Å². The molecule has 0 aromatic heterocycles. The Balaban J connectivity index is 4.37. The van der Waals surface area contributed by atoms with Crippen LogP contribution in [0.2, 0.25) is 0 Å². The van der Waals surface area contributed by atoms with Gasteiger partial charge in [0.05, 0.1) is 26.4 Å². The molecule has 16 nitrogen and oxygen atoms in total. The van der Waals surface area contributed by atoms with Crippen molar-refractivity contribution in [1.82, 2.24) is 0 Å². The second-order valence-electron chi connectivity index (χ2n) is 28.6. The van der Waals surface area contributed by atoms with E-state index < -0.39 is 91.5 Å². The lowest BCUT2D eigenvalue weighted by Gasteiger charge is -2.21. The molecule has 0 fully saturated rings. The molecule has 0 heterocycles. The Labute approximate surface area is 664 Å². The minimum Gasteiger partial charge on any atom is -0.463 e. The molecule has 0 saturated heterocycles. The third-order valence-electron chi connectivity index (χ3n) is 18.0. The third kappa shape index (κ3) is 84.2. The topological polar surface area (TPSA) is 231 Å². The number of aliphatic hydroxyl groups excluding tert-OH is 2. The monoisotopic (exact) mass is 1570 g/mol. The van der Waals surface area contributed by atoms with E-state index >= 15 is 0 Å². The SMILES string of the molecule is CC/C=C\C/C=C\C/C=C\C/C=C\C/C=C\C/C=C\CCCCCCCCCCCCCCCCC(=O)OCC(O)COP(=O)(O)OCC(O)COP(=O)(O)OCC(COC(=O)CCCCCCCCCCCCCCC/C=C\C/C=C\C/C=C\C/C=C\C/C=C\CC)OC(=O)CCCCCCC/C=C\CCCC. The minimum atomic E-state index is -4.93. The van der Waals surface area contributed by atoms with E-state index in [2.05, 4.69) is 167 Å². The summed E-state index contributed by atoms with van der Waals surface area (Å²) >= 11 is 0. The van der Waals surface area contributed by atoms with Gasteiger partial charge in [0.15, 0.2) is 6.10 Å². The number of unbranched alkanes of at least 4 members (excludes halogenated alkanes) is 34. The molecule has 0 radical (unpaired) electrons. The molecule has 0 aliphatic rings. The fourth-order valence-corrected chi connectivity index (χ4v) is 13.1. The molecule has 109 heavy (non-hydrogen) atoms. The molecule has 18 heteroatoms. The largest absolute Gasteiger partial charge is 0.472 e. The van der Waals surface area contributed by atoms with Gasteiger partial charge in [-0.1, -0.05) is 346 Å². The second kappa shape index (κ2) is 82.9. The molecule has 626 valence electrons. The highest BCUT2D eigenvalue weighted by molar-refractivity contribution is 7.47. The van der Waals surface area contributed by atoms with Gasteiger partial charge in [-0.05, 0) is 135 Å². The number of rotatable bonds is 81. The Morgan fingerprint density at radius 1 is 0.266 bits per heavy atom. The van der Waals surface area contributed by atoms with Crippen molar-refractivity contribution >= 4 is 33.6 Å². The van der Waals surface area contributed by atoms with Gasteiger partial charge in [0.1, 0.15) is 25.4 Å². The number of aliphatic hydroxyl groups is 2. The van der Waals surface area contributed by atoms with E-state index in [1.54, 1.807) is 0 Å². The number of phosphoric ester groups is 2. The van der Waals surface area contributed by atoms with E-state index in [1.165, 1.54) is 128 Å². The maximum Gasteiger partial charge on any atom is 0.472 e. The summed E-state index contributed by atoms with van der Waals surface area (Å²) in [7, 11) is -9.79. The van der Waals surface area contributed by atoms with Crippen molar-refractivity contribution in [3.8, 4) is 0 Å². The first kappa shape index (κ1) is 104. The molecule has 0 aliphatic carbocycles. The average Bonchev–Trinajstić information content (AvgIpc) is 0.836. The van der Waals surface area contributed by atoms with Crippen molar-refractivity contribution < 1.29 is 75.8 Å². The predicted octanol–water partition coefficient (Wildman–Crippen LogP) is 26.0. The summed E-state index contributed by atoms with van der Waals surface area (Å²) < 4.78 is 61.2. The Morgan fingerprint density at radius 3 is 0.780 bits per heavy atom. The number of ether oxygens (including phenoxy) is 3. The summed E-state index contributed by atoms with van der Waals surface area (Å²) in [6.45, 7) is 2.43. The van der Waals surface area contributed by atoms with Gasteiger partial charge < -0.3 is 34.2 Å². The van der Waals surface area contributed by atoms with Crippen LogP contribution in [0.3, 0.4) is 0 Å². The third-order valence-corrected chi connectivity index (χ3v) is 19.9. The quantitative estimate of drug-likeness (QED) is 0.0146. The molecule has 0 spiro atoms. The van der Waals surface area contributed by atoms with Crippen LogP contribution < -0.4 is 0 Å². The maximum atomic E-state index is 12.9. The standard InChI is InChI=1S/C91H156O16P2/c1-4-7-10-13-16-19-22-24-26-28-30-32-34-36-38-40-41-42-43-45-47-48-50-52-54-56-58-60-63-65-68-71-74-77-89(94)101-80-86(92)81-103-108(97,98)104-82-87(93)83-105-109(99,100)106-85-88(107-91(96)79-76-73-70-67-62-21-18-15-12-9-6-3)84-102-90(95)78-75-72-69-66-64-61-59-57-55-53-51-49-46-44-39-37-35-33-31-29-27-25-23-20-17-14-11-8-5-2/h7-8,10-11,15-20,24-27,30-33,36-39,41-42,86-88,92-93H,4-6,9,12-14,21-23,28-29,34-35,40,43-85H2,1-3H3,(H,97,98)(H,99,100)/b10-7-,11-8-,18-15-,19-16-,20-17-,26-24-,27-25-,32-30-,33-31-,38-36-,39-37-,42-41-. The number of carbonyl (C=O) groups is 3. The van der Waals surface area contributed by atoms with E-state index in [1.807, 2.05) is 0 Å². The second-order valence-corrected chi connectivity index (χ2v) is 31.5. The van der Waals surface area contributed by atoms with Crippen molar-refractivity contribution in [1.29, 1.82) is 0 Å². The number of hydrogen-bond acceptors (Lipinski definition) is 14. The zero-order valence-corrected chi connectivity index (χ0v) is 70.5. The number of allylic oxidation sites excluding steroid dienone is 24. The minimum absolute atomic E-state index is 0.0930. The van der Waals surface area contributed by atoms with Crippen LogP contribution in [0.25, 0.3) is 0 Å². The first-order valence-corrected chi connectivity index (χ1v) is 46.1. The fourth-order valence-electron chi connectivity index (χ4n) is 11.5. The Bertz CT molecular complexity index is 2560. The van der Waals surface area contributed by atoms with Crippen LogP contribution in [0, 0.1) is 0 Å². The van der Waals surface area contributed by atoms with Crippen molar-refractivity contribution in [2.75, 3.05) is 39.6 Å². The lowest BCUT2D eigenvalue weighted by atomic mass is 10.0. The van der Waals surface area contributed by atoms with E-state index in [-0.39, 0.29) is 19.3 Å². The normalized spacial score (nSPS) is 14.6.